The summed E-state index contributed by atoms with van der Waals surface area (Å²) in [6.07, 6.45) is 3.38. The Morgan fingerprint density at radius 3 is 3.00 bits per heavy atom. The molecule has 2 rings (SSSR count). The molecule has 1 aliphatic rings. The highest BCUT2D eigenvalue weighted by Crippen LogP contribution is 2.27. The van der Waals surface area contributed by atoms with Crippen LogP contribution in [0, 0.1) is 5.92 Å². The van der Waals surface area contributed by atoms with Gasteiger partial charge >= 0.3 is 5.97 Å². The zero-order valence-electron chi connectivity index (χ0n) is 12.3. The summed E-state index contributed by atoms with van der Waals surface area (Å²) in [4.78, 5) is 13.1. The SMILES string of the molecule is COc1ccc(CN2CCCC(CCC(=O)O)C2)cc1Br. The van der Waals surface area contributed by atoms with Crippen molar-refractivity contribution in [3.8, 4) is 5.75 Å². The van der Waals surface area contributed by atoms with Crippen molar-refractivity contribution in [3.05, 3.63) is 28.2 Å². The van der Waals surface area contributed by atoms with Gasteiger partial charge in [-0.05, 0) is 65.4 Å². The Morgan fingerprint density at radius 2 is 2.33 bits per heavy atom. The molecule has 0 spiro atoms. The van der Waals surface area contributed by atoms with Gasteiger partial charge in [-0.15, -0.1) is 0 Å². The number of carboxylic acids is 1. The molecule has 0 aromatic heterocycles. The van der Waals surface area contributed by atoms with Crippen LogP contribution in [0.3, 0.4) is 0 Å². The molecule has 0 bridgehead atoms. The highest BCUT2D eigenvalue weighted by Gasteiger charge is 2.20. The highest BCUT2D eigenvalue weighted by molar-refractivity contribution is 9.10. The fourth-order valence-electron chi connectivity index (χ4n) is 2.92. The lowest BCUT2D eigenvalue weighted by Gasteiger charge is -2.32. The molecule has 1 saturated heterocycles. The number of hydrogen-bond acceptors (Lipinski definition) is 3. The number of halogens is 1. The Bertz CT molecular complexity index is 492. The van der Waals surface area contributed by atoms with Gasteiger partial charge in [0, 0.05) is 19.5 Å². The minimum Gasteiger partial charge on any atom is -0.496 e. The lowest BCUT2D eigenvalue weighted by molar-refractivity contribution is -0.137. The van der Waals surface area contributed by atoms with E-state index < -0.39 is 5.97 Å². The van der Waals surface area contributed by atoms with Crippen LogP contribution in [0.2, 0.25) is 0 Å². The molecule has 5 heteroatoms. The average Bonchev–Trinajstić information content (AvgIpc) is 2.46. The molecule has 0 aliphatic carbocycles. The minimum atomic E-state index is -0.689. The molecule has 1 N–H and O–H groups in total. The first-order valence-corrected chi connectivity index (χ1v) is 8.14. The summed E-state index contributed by atoms with van der Waals surface area (Å²) < 4.78 is 6.22. The van der Waals surface area contributed by atoms with E-state index in [2.05, 4.69) is 33.0 Å². The predicted molar refractivity (Wildman–Crippen MR) is 85.6 cm³/mol. The number of hydrogen-bond donors (Lipinski definition) is 1. The monoisotopic (exact) mass is 355 g/mol. The first kappa shape index (κ1) is 16.3. The summed E-state index contributed by atoms with van der Waals surface area (Å²) in [6.45, 7) is 3.00. The molecule has 1 heterocycles. The van der Waals surface area contributed by atoms with Gasteiger partial charge in [-0.25, -0.2) is 0 Å². The van der Waals surface area contributed by atoms with Gasteiger partial charge < -0.3 is 9.84 Å². The molecule has 4 nitrogen and oxygen atoms in total. The van der Waals surface area contributed by atoms with Crippen LogP contribution in [0.5, 0.6) is 5.75 Å². The lowest BCUT2D eigenvalue weighted by Crippen LogP contribution is -2.35. The summed E-state index contributed by atoms with van der Waals surface area (Å²) in [5.41, 5.74) is 1.25. The van der Waals surface area contributed by atoms with Crippen LogP contribution in [0.15, 0.2) is 22.7 Å². The van der Waals surface area contributed by atoms with Crippen molar-refractivity contribution < 1.29 is 14.6 Å². The van der Waals surface area contributed by atoms with E-state index in [-0.39, 0.29) is 6.42 Å². The van der Waals surface area contributed by atoms with Gasteiger partial charge in [-0.3, -0.25) is 9.69 Å². The molecule has 0 radical (unpaired) electrons. The Hall–Kier alpha value is -1.07. The van der Waals surface area contributed by atoms with E-state index >= 15 is 0 Å². The highest BCUT2D eigenvalue weighted by atomic mass is 79.9. The number of piperidine rings is 1. The second-order valence-electron chi connectivity index (χ2n) is 5.64. The smallest absolute Gasteiger partial charge is 0.303 e. The molecule has 1 atom stereocenters. The fourth-order valence-corrected chi connectivity index (χ4v) is 3.51. The van der Waals surface area contributed by atoms with Crippen LogP contribution in [0.1, 0.15) is 31.2 Å². The van der Waals surface area contributed by atoms with E-state index in [9.17, 15) is 4.79 Å². The number of methoxy groups -OCH3 is 1. The van der Waals surface area contributed by atoms with Crippen molar-refractivity contribution in [3.63, 3.8) is 0 Å². The second-order valence-corrected chi connectivity index (χ2v) is 6.50. The molecular weight excluding hydrogens is 334 g/mol. The number of likely N-dealkylation sites (tertiary alicyclic amines) is 1. The summed E-state index contributed by atoms with van der Waals surface area (Å²) in [7, 11) is 1.66. The van der Waals surface area contributed by atoms with Crippen LogP contribution in [0.4, 0.5) is 0 Å². The second kappa shape index (κ2) is 7.80. The molecule has 1 fully saturated rings. The fraction of sp³-hybridized carbons (Fsp3) is 0.562. The van der Waals surface area contributed by atoms with E-state index in [1.807, 2.05) is 6.07 Å². The topological polar surface area (TPSA) is 49.8 Å². The molecule has 1 aliphatic heterocycles. The van der Waals surface area contributed by atoms with E-state index in [1.54, 1.807) is 7.11 Å². The number of rotatable bonds is 6. The van der Waals surface area contributed by atoms with Crippen LogP contribution in [-0.2, 0) is 11.3 Å². The lowest BCUT2D eigenvalue weighted by atomic mass is 9.93. The summed E-state index contributed by atoms with van der Waals surface area (Å²) in [6, 6.07) is 6.16. The third-order valence-corrected chi connectivity index (χ3v) is 4.61. The average molecular weight is 356 g/mol. The number of carbonyl (C=O) groups is 1. The van der Waals surface area contributed by atoms with Crippen LogP contribution < -0.4 is 4.74 Å². The standard InChI is InChI=1S/C16H22BrNO3/c1-21-15-6-4-13(9-14(15)17)11-18-8-2-3-12(10-18)5-7-16(19)20/h4,6,9,12H,2-3,5,7-8,10-11H2,1H3,(H,19,20). The van der Waals surface area contributed by atoms with E-state index in [1.165, 1.54) is 5.56 Å². The molecule has 1 unspecified atom stereocenters. The predicted octanol–water partition coefficient (Wildman–Crippen LogP) is 3.53. The maximum Gasteiger partial charge on any atom is 0.303 e. The van der Waals surface area contributed by atoms with Gasteiger partial charge in [0.2, 0.25) is 0 Å². The zero-order chi connectivity index (χ0) is 15.2. The summed E-state index contributed by atoms with van der Waals surface area (Å²) in [5.74, 6) is 0.666. The molecule has 1 aromatic rings. The van der Waals surface area contributed by atoms with E-state index in [0.29, 0.717) is 5.92 Å². The quantitative estimate of drug-likeness (QED) is 0.847. The number of benzene rings is 1. The maximum absolute atomic E-state index is 10.7. The number of ether oxygens (including phenoxy) is 1. The van der Waals surface area contributed by atoms with Crippen molar-refractivity contribution in [2.45, 2.75) is 32.2 Å². The van der Waals surface area contributed by atoms with Crippen molar-refractivity contribution in [2.75, 3.05) is 20.2 Å². The number of carboxylic acid groups (broad SMARTS) is 1. The number of nitrogens with zero attached hydrogens (tertiary/aromatic N) is 1. The van der Waals surface area contributed by atoms with Gasteiger partial charge in [0.1, 0.15) is 5.75 Å². The maximum atomic E-state index is 10.7. The van der Waals surface area contributed by atoms with E-state index in [0.717, 1.165) is 49.1 Å². The number of aliphatic carboxylic acids is 1. The summed E-state index contributed by atoms with van der Waals surface area (Å²) in [5, 5.41) is 8.79. The van der Waals surface area contributed by atoms with Crippen molar-refractivity contribution in [1.29, 1.82) is 0 Å². The van der Waals surface area contributed by atoms with E-state index in [4.69, 9.17) is 9.84 Å². The van der Waals surface area contributed by atoms with Crippen LogP contribution in [0.25, 0.3) is 0 Å². The van der Waals surface area contributed by atoms with Crippen molar-refractivity contribution in [2.24, 2.45) is 5.92 Å². The molecule has 1 aromatic carbocycles. The molecule has 0 amide bonds. The molecule has 116 valence electrons. The van der Waals surface area contributed by atoms with Gasteiger partial charge in [-0.1, -0.05) is 6.07 Å². The Balaban J connectivity index is 1.90. The summed E-state index contributed by atoms with van der Waals surface area (Å²) >= 11 is 3.52. The first-order valence-electron chi connectivity index (χ1n) is 7.35. The van der Waals surface area contributed by atoms with Gasteiger partial charge in [0.25, 0.3) is 0 Å². The molecule has 21 heavy (non-hydrogen) atoms. The van der Waals surface area contributed by atoms with Gasteiger partial charge in [0.05, 0.1) is 11.6 Å². The Labute approximate surface area is 134 Å². The minimum absolute atomic E-state index is 0.284. The first-order chi connectivity index (χ1) is 10.1. The third kappa shape index (κ3) is 5.00. The van der Waals surface area contributed by atoms with Gasteiger partial charge in [0.15, 0.2) is 0 Å². The normalized spacial score (nSPS) is 19.4. The largest absolute Gasteiger partial charge is 0.496 e. The Morgan fingerprint density at radius 1 is 1.52 bits per heavy atom. The zero-order valence-corrected chi connectivity index (χ0v) is 13.9. The van der Waals surface area contributed by atoms with Crippen molar-refractivity contribution >= 4 is 21.9 Å². The van der Waals surface area contributed by atoms with Gasteiger partial charge in [-0.2, -0.15) is 0 Å². The van der Waals surface area contributed by atoms with Crippen molar-refractivity contribution in [1.82, 2.24) is 4.90 Å². The van der Waals surface area contributed by atoms with Crippen LogP contribution >= 0.6 is 15.9 Å². The van der Waals surface area contributed by atoms with Crippen LogP contribution in [-0.4, -0.2) is 36.2 Å². The Kier molecular flexibility index (Phi) is 6.06. The molecule has 0 saturated carbocycles. The molecular formula is C16H22BrNO3. The third-order valence-electron chi connectivity index (χ3n) is 3.99.